The Morgan fingerprint density at radius 3 is 2.59 bits per heavy atom. The molecule has 0 radical (unpaired) electrons. The normalized spacial score (nSPS) is 26.4. The number of halogens is 1. The molecule has 22 heavy (non-hydrogen) atoms. The van der Waals surface area contributed by atoms with Gasteiger partial charge >= 0.3 is 0 Å². The Bertz CT molecular complexity index is 778. The lowest BCUT2D eigenvalue weighted by atomic mass is 9.77. The highest BCUT2D eigenvalue weighted by Crippen LogP contribution is 2.57. The summed E-state index contributed by atoms with van der Waals surface area (Å²) in [5.41, 5.74) is 6.37. The van der Waals surface area contributed by atoms with Gasteiger partial charge in [-0.1, -0.05) is 42.8 Å². The number of allylic oxidation sites excluding steroid dienone is 1. The van der Waals surface area contributed by atoms with E-state index in [9.17, 15) is 4.39 Å². The van der Waals surface area contributed by atoms with Gasteiger partial charge in [-0.25, -0.2) is 4.39 Å². The minimum Gasteiger partial charge on any atom is -0.366 e. The number of anilines is 1. The molecule has 2 aromatic rings. The summed E-state index contributed by atoms with van der Waals surface area (Å²) in [5.74, 6) is -0.139. The first-order valence-corrected chi connectivity index (χ1v) is 7.80. The van der Waals surface area contributed by atoms with E-state index in [1.54, 1.807) is 12.1 Å². The van der Waals surface area contributed by atoms with Crippen molar-refractivity contribution in [3.63, 3.8) is 0 Å². The van der Waals surface area contributed by atoms with Gasteiger partial charge < -0.3 is 4.90 Å². The zero-order valence-corrected chi connectivity index (χ0v) is 13.2. The average Bonchev–Trinajstić information content (AvgIpc) is 2.89. The van der Waals surface area contributed by atoms with Crippen LogP contribution in [0.15, 0.2) is 54.1 Å². The van der Waals surface area contributed by atoms with Gasteiger partial charge in [0, 0.05) is 18.2 Å². The first-order valence-electron chi connectivity index (χ1n) is 7.80. The number of benzene rings is 2. The molecule has 0 spiro atoms. The molecule has 0 unspecified atom stereocenters. The standard InChI is InChI=1S/C20H20FN/c1-13-12-20(2)16-11-15(21)9-10-17(16)22(3)19(20)18(13)14-7-5-4-6-8-14/h4-11,19H,12H2,1-3H3/t19-,20-/m0/s1. The lowest BCUT2D eigenvalue weighted by Crippen LogP contribution is -2.38. The smallest absolute Gasteiger partial charge is 0.123 e. The first kappa shape index (κ1) is 13.6. The van der Waals surface area contributed by atoms with E-state index in [-0.39, 0.29) is 17.3 Å². The summed E-state index contributed by atoms with van der Waals surface area (Å²) in [6.07, 6.45) is 0.989. The summed E-state index contributed by atoms with van der Waals surface area (Å²) in [6, 6.07) is 16.1. The Morgan fingerprint density at radius 2 is 1.86 bits per heavy atom. The van der Waals surface area contributed by atoms with Crippen molar-refractivity contribution in [2.24, 2.45) is 0 Å². The number of hydrogen-bond donors (Lipinski definition) is 0. The minimum atomic E-state index is -0.139. The average molecular weight is 293 g/mol. The number of hydrogen-bond acceptors (Lipinski definition) is 1. The quantitative estimate of drug-likeness (QED) is 0.731. The third-order valence-electron chi connectivity index (χ3n) is 5.40. The maximum atomic E-state index is 13.8. The third-order valence-corrected chi connectivity index (χ3v) is 5.40. The molecular formula is C20H20FN. The predicted octanol–water partition coefficient (Wildman–Crippen LogP) is 4.78. The summed E-state index contributed by atoms with van der Waals surface area (Å²) >= 11 is 0. The number of fused-ring (bicyclic) bond motifs is 3. The SMILES string of the molecule is CC1=C(c2ccccc2)[C@@H]2N(C)c3ccc(F)cc3[C@]2(C)C1. The molecule has 1 heterocycles. The van der Waals surface area contributed by atoms with E-state index in [1.165, 1.54) is 16.7 Å². The molecule has 4 rings (SSSR count). The molecule has 0 saturated heterocycles. The van der Waals surface area contributed by atoms with Gasteiger partial charge in [0.1, 0.15) is 5.82 Å². The summed E-state index contributed by atoms with van der Waals surface area (Å²) in [4.78, 5) is 2.33. The minimum absolute atomic E-state index is 0.0402. The molecule has 2 aliphatic rings. The molecular weight excluding hydrogens is 273 g/mol. The lowest BCUT2D eigenvalue weighted by Gasteiger charge is -2.31. The summed E-state index contributed by atoms with van der Waals surface area (Å²) < 4.78 is 13.8. The maximum Gasteiger partial charge on any atom is 0.123 e. The van der Waals surface area contributed by atoms with Crippen LogP contribution in [0.25, 0.3) is 5.57 Å². The topological polar surface area (TPSA) is 3.24 Å². The van der Waals surface area contributed by atoms with Crippen molar-refractivity contribution in [1.29, 1.82) is 0 Å². The Balaban J connectivity index is 1.90. The van der Waals surface area contributed by atoms with Crippen LogP contribution in [0, 0.1) is 5.82 Å². The Morgan fingerprint density at radius 1 is 1.14 bits per heavy atom. The highest BCUT2D eigenvalue weighted by atomic mass is 19.1. The number of rotatable bonds is 1. The second kappa shape index (κ2) is 4.45. The van der Waals surface area contributed by atoms with Crippen molar-refractivity contribution in [2.45, 2.75) is 31.7 Å². The van der Waals surface area contributed by atoms with Crippen LogP contribution in [0.1, 0.15) is 31.4 Å². The fourth-order valence-corrected chi connectivity index (χ4v) is 4.59. The maximum absolute atomic E-state index is 13.8. The summed E-state index contributed by atoms with van der Waals surface area (Å²) in [7, 11) is 2.13. The Hall–Kier alpha value is -2.09. The van der Waals surface area contributed by atoms with Crippen LogP contribution in [-0.2, 0) is 5.41 Å². The van der Waals surface area contributed by atoms with Crippen LogP contribution in [-0.4, -0.2) is 13.1 Å². The molecule has 112 valence electrons. The molecule has 0 fully saturated rings. The van der Waals surface area contributed by atoms with Crippen LogP contribution < -0.4 is 4.90 Å². The zero-order valence-electron chi connectivity index (χ0n) is 13.2. The monoisotopic (exact) mass is 293 g/mol. The van der Waals surface area contributed by atoms with E-state index < -0.39 is 0 Å². The lowest BCUT2D eigenvalue weighted by molar-refractivity contribution is 0.471. The first-order chi connectivity index (χ1) is 10.5. The molecule has 2 aromatic carbocycles. The van der Waals surface area contributed by atoms with Gasteiger partial charge in [-0.3, -0.25) is 0 Å². The fraction of sp³-hybridized carbons (Fsp3) is 0.300. The molecule has 0 aromatic heterocycles. The summed E-state index contributed by atoms with van der Waals surface area (Å²) in [5, 5.41) is 0. The predicted molar refractivity (Wildman–Crippen MR) is 89.6 cm³/mol. The highest BCUT2D eigenvalue weighted by Gasteiger charge is 2.52. The van der Waals surface area contributed by atoms with E-state index in [0.717, 1.165) is 17.7 Å². The van der Waals surface area contributed by atoms with E-state index in [1.807, 2.05) is 6.07 Å². The molecule has 0 saturated carbocycles. The third kappa shape index (κ3) is 1.64. The van der Waals surface area contributed by atoms with Gasteiger partial charge in [0.25, 0.3) is 0 Å². The molecule has 2 atom stereocenters. The van der Waals surface area contributed by atoms with Crippen molar-refractivity contribution in [1.82, 2.24) is 0 Å². The number of nitrogens with zero attached hydrogens (tertiary/aromatic N) is 1. The molecule has 0 N–H and O–H groups in total. The zero-order chi connectivity index (χ0) is 15.5. The van der Waals surface area contributed by atoms with Crippen LogP contribution in [0.2, 0.25) is 0 Å². The van der Waals surface area contributed by atoms with Crippen LogP contribution >= 0.6 is 0 Å². The van der Waals surface area contributed by atoms with Crippen LogP contribution in [0.4, 0.5) is 10.1 Å². The van der Waals surface area contributed by atoms with E-state index in [4.69, 9.17) is 0 Å². The molecule has 1 aliphatic carbocycles. The molecule has 2 heteroatoms. The second-order valence-electron chi connectivity index (χ2n) is 6.83. The van der Waals surface area contributed by atoms with Crippen LogP contribution in [0.5, 0.6) is 0 Å². The van der Waals surface area contributed by atoms with Crippen LogP contribution in [0.3, 0.4) is 0 Å². The van der Waals surface area contributed by atoms with E-state index >= 15 is 0 Å². The van der Waals surface area contributed by atoms with Crippen molar-refractivity contribution in [3.8, 4) is 0 Å². The number of likely N-dealkylation sites (N-methyl/N-ethyl adjacent to an activating group) is 1. The van der Waals surface area contributed by atoms with Gasteiger partial charge in [-0.2, -0.15) is 0 Å². The van der Waals surface area contributed by atoms with Gasteiger partial charge in [-0.05, 0) is 48.2 Å². The Kier molecular flexibility index (Phi) is 2.75. The van der Waals surface area contributed by atoms with Gasteiger partial charge in [0.2, 0.25) is 0 Å². The molecule has 1 nitrogen and oxygen atoms in total. The van der Waals surface area contributed by atoms with Gasteiger partial charge in [0.05, 0.1) is 6.04 Å². The molecule has 0 bridgehead atoms. The Labute approximate surface area is 131 Å². The van der Waals surface area contributed by atoms with Gasteiger partial charge in [0.15, 0.2) is 0 Å². The van der Waals surface area contributed by atoms with Crippen molar-refractivity contribution in [3.05, 3.63) is 71.0 Å². The van der Waals surface area contributed by atoms with Crippen molar-refractivity contribution < 1.29 is 4.39 Å². The van der Waals surface area contributed by atoms with Crippen molar-refractivity contribution in [2.75, 3.05) is 11.9 Å². The largest absolute Gasteiger partial charge is 0.366 e. The van der Waals surface area contributed by atoms with E-state index in [0.29, 0.717) is 0 Å². The molecule has 1 aliphatic heterocycles. The second-order valence-corrected chi connectivity index (χ2v) is 6.83. The van der Waals surface area contributed by atoms with Crippen molar-refractivity contribution >= 4 is 11.3 Å². The molecule has 0 amide bonds. The van der Waals surface area contributed by atoms with E-state index in [2.05, 4.69) is 56.1 Å². The summed E-state index contributed by atoms with van der Waals surface area (Å²) in [6.45, 7) is 4.50. The highest BCUT2D eigenvalue weighted by molar-refractivity contribution is 5.85. The van der Waals surface area contributed by atoms with Gasteiger partial charge in [-0.15, -0.1) is 0 Å². The fourth-order valence-electron chi connectivity index (χ4n) is 4.59.